The van der Waals surface area contributed by atoms with E-state index in [1.807, 2.05) is 18.2 Å². The lowest BCUT2D eigenvalue weighted by Crippen LogP contribution is -2.36. The largest absolute Gasteiger partial charge is 0.454 e. The molecule has 126 valence electrons. The number of nitrogens with zero attached hydrogens (tertiary/aromatic N) is 1. The van der Waals surface area contributed by atoms with E-state index in [1.54, 1.807) is 11.3 Å². The Morgan fingerprint density at radius 2 is 2.21 bits per heavy atom. The third kappa shape index (κ3) is 3.25. The summed E-state index contributed by atoms with van der Waals surface area (Å²) in [5, 5.41) is 5.11. The average molecular weight is 344 g/mol. The molecule has 1 atom stereocenters. The summed E-state index contributed by atoms with van der Waals surface area (Å²) < 4.78 is 10.7. The summed E-state index contributed by atoms with van der Waals surface area (Å²) in [6.45, 7) is 2.21. The summed E-state index contributed by atoms with van der Waals surface area (Å²) in [6, 6.07) is 10.4. The molecule has 2 aliphatic rings. The second kappa shape index (κ2) is 6.83. The summed E-state index contributed by atoms with van der Waals surface area (Å²) in [5.74, 6) is 1.58. The number of benzene rings is 1. The van der Waals surface area contributed by atoms with Gasteiger partial charge in [0, 0.05) is 17.5 Å². The molecule has 1 saturated heterocycles. The van der Waals surface area contributed by atoms with Crippen molar-refractivity contribution in [2.24, 2.45) is 0 Å². The third-order valence-corrected chi connectivity index (χ3v) is 5.48. The zero-order chi connectivity index (χ0) is 16.4. The minimum atomic E-state index is 0.0659. The number of amides is 1. The van der Waals surface area contributed by atoms with Gasteiger partial charge in [0.25, 0.3) is 0 Å². The van der Waals surface area contributed by atoms with E-state index in [4.69, 9.17) is 9.47 Å². The Kier molecular flexibility index (Phi) is 4.40. The fourth-order valence-corrected chi connectivity index (χ4v) is 4.21. The quantitative estimate of drug-likeness (QED) is 0.906. The zero-order valence-corrected chi connectivity index (χ0v) is 14.2. The summed E-state index contributed by atoms with van der Waals surface area (Å²) in [5.41, 5.74) is 1.02. The minimum Gasteiger partial charge on any atom is -0.454 e. The van der Waals surface area contributed by atoms with Gasteiger partial charge in [0.1, 0.15) is 0 Å². The van der Waals surface area contributed by atoms with Crippen molar-refractivity contribution in [1.29, 1.82) is 0 Å². The molecule has 2 aromatic rings. The molecule has 0 spiro atoms. The molecule has 1 amide bonds. The maximum atomic E-state index is 12.3. The van der Waals surface area contributed by atoms with Gasteiger partial charge in [-0.3, -0.25) is 9.69 Å². The highest BCUT2D eigenvalue weighted by Gasteiger charge is 2.28. The summed E-state index contributed by atoms with van der Waals surface area (Å²) in [4.78, 5) is 16.0. The van der Waals surface area contributed by atoms with E-state index in [9.17, 15) is 4.79 Å². The third-order valence-electron chi connectivity index (χ3n) is 4.51. The molecular formula is C18H20N2O3S. The molecular weight excluding hydrogens is 324 g/mol. The van der Waals surface area contributed by atoms with Crippen molar-refractivity contribution in [1.82, 2.24) is 10.2 Å². The van der Waals surface area contributed by atoms with Crippen LogP contribution in [0.2, 0.25) is 0 Å². The van der Waals surface area contributed by atoms with Crippen LogP contribution in [0, 0.1) is 0 Å². The predicted octanol–water partition coefficient (Wildman–Crippen LogP) is 2.93. The highest BCUT2D eigenvalue weighted by molar-refractivity contribution is 7.10. The topological polar surface area (TPSA) is 50.8 Å². The van der Waals surface area contributed by atoms with E-state index in [1.165, 1.54) is 4.88 Å². The number of thiophene rings is 1. The summed E-state index contributed by atoms with van der Waals surface area (Å²) in [7, 11) is 0. The Labute approximate surface area is 145 Å². The van der Waals surface area contributed by atoms with Gasteiger partial charge in [-0.15, -0.1) is 11.3 Å². The molecule has 1 aromatic heterocycles. The van der Waals surface area contributed by atoms with Crippen LogP contribution in [0.25, 0.3) is 0 Å². The number of likely N-dealkylation sites (tertiary alicyclic amines) is 1. The van der Waals surface area contributed by atoms with E-state index < -0.39 is 0 Å². The Morgan fingerprint density at radius 1 is 1.29 bits per heavy atom. The van der Waals surface area contributed by atoms with Crippen LogP contribution in [-0.2, 0) is 11.3 Å². The van der Waals surface area contributed by atoms with E-state index in [-0.39, 0.29) is 12.7 Å². The average Bonchev–Trinajstić information content (AvgIpc) is 3.32. The van der Waals surface area contributed by atoms with Gasteiger partial charge >= 0.3 is 0 Å². The molecule has 0 radical (unpaired) electrons. The number of ether oxygens (including phenoxy) is 2. The molecule has 1 aromatic carbocycles. The number of carbonyl (C=O) groups excluding carboxylic acids is 1. The normalized spacial score (nSPS) is 19.6. The van der Waals surface area contributed by atoms with Crippen molar-refractivity contribution in [3.05, 3.63) is 46.2 Å². The lowest BCUT2D eigenvalue weighted by Gasteiger charge is -2.22. The van der Waals surface area contributed by atoms with Crippen molar-refractivity contribution >= 4 is 17.2 Å². The van der Waals surface area contributed by atoms with Crippen molar-refractivity contribution < 1.29 is 14.3 Å². The molecule has 24 heavy (non-hydrogen) atoms. The van der Waals surface area contributed by atoms with Crippen LogP contribution < -0.4 is 14.8 Å². The van der Waals surface area contributed by atoms with Crippen molar-refractivity contribution in [3.63, 3.8) is 0 Å². The van der Waals surface area contributed by atoms with Gasteiger partial charge in [0.15, 0.2) is 11.5 Å². The highest BCUT2D eigenvalue weighted by Crippen LogP contribution is 2.34. The molecule has 5 nitrogen and oxygen atoms in total. The Bertz CT molecular complexity index is 717. The predicted molar refractivity (Wildman–Crippen MR) is 92.3 cm³/mol. The van der Waals surface area contributed by atoms with Crippen LogP contribution in [-0.4, -0.2) is 30.7 Å². The van der Waals surface area contributed by atoms with Gasteiger partial charge in [0.2, 0.25) is 12.7 Å². The van der Waals surface area contributed by atoms with Gasteiger partial charge in [-0.05, 0) is 48.5 Å². The summed E-state index contributed by atoms with van der Waals surface area (Å²) >= 11 is 1.77. The first-order valence-corrected chi connectivity index (χ1v) is 9.10. The number of carbonyl (C=O) groups is 1. The van der Waals surface area contributed by atoms with Crippen LogP contribution in [0.5, 0.6) is 11.5 Å². The van der Waals surface area contributed by atoms with Crippen LogP contribution in [0.3, 0.4) is 0 Å². The first-order chi connectivity index (χ1) is 11.8. The maximum absolute atomic E-state index is 12.3. The standard InChI is InChI=1S/C18H20N2O3S/c21-18(11-20-7-1-3-14(20)17-4-2-8-24-17)19-10-13-5-6-15-16(9-13)23-12-22-15/h2,4-6,8-9,14H,1,3,7,10-12H2,(H,19,21)/t14-/m0/s1. The van der Waals surface area contributed by atoms with Crippen LogP contribution in [0.1, 0.15) is 29.3 Å². The van der Waals surface area contributed by atoms with Gasteiger partial charge < -0.3 is 14.8 Å². The maximum Gasteiger partial charge on any atom is 0.234 e. The number of hydrogen-bond donors (Lipinski definition) is 1. The lowest BCUT2D eigenvalue weighted by molar-refractivity contribution is -0.122. The van der Waals surface area contributed by atoms with Crippen molar-refractivity contribution in [2.45, 2.75) is 25.4 Å². The molecule has 3 heterocycles. The fourth-order valence-electron chi connectivity index (χ4n) is 3.31. The van der Waals surface area contributed by atoms with E-state index in [0.29, 0.717) is 19.1 Å². The number of hydrogen-bond acceptors (Lipinski definition) is 5. The minimum absolute atomic E-state index is 0.0659. The first kappa shape index (κ1) is 15.5. The lowest BCUT2D eigenvalue weighted by atomic mass is 10.2. The SMILES string of the molecule is O=C(CN1CCC[C@H]1c1cccs1)NCc1ccc2c(c1)OCO2. The van der Waals surface area contributed by atoms with E-state index in [2.05, 4.69) is 27.7 Å². The molecule has 0 saturated carbocycles. The smallest absolute Gasteiger partial charge is 0.234 e. The molecule has 6 heteroatoms. The summed E-state index contributed by atoms with van der Waals surface area (Å²) in [6.07, 6.45) is 2.29. The second-order valence-electron chi connectivity index (χ2n) is 6.11. The van der Waals surface area contributed by atoms with Crippen molar-refractivity contribution in [2.75, 3.05) is 19.9 Å². The number of fused-ring (bicyclic) bond motifs is 1. The molecule has 2 aliphatic heterocycles. The molecule has 1 N–H and O–H groups in total. The van der Waals surface area contributed by atoms with Gasteiger partial charge in [0.05, 0.1) is 6.54 Å². The monoisotopic (exact) mass is 344 g/mol. The van der Waals surface area contributed by atoms with Crippen molar-refractivity contribution in [3.8, 4) is 11.5 Å². The van der Waals surface area contributed by atoms with Gasteiger partial charge in [-0.1, -0.05) is 12.1 Å². The van der Waals surface area contributed by atoms with Crippen LogP contribution in [0.4, 0.5) is 0 Å². The highest BCUT2D eigenvalue weighted by atomic mass is 32.1. The molecule has 0 aliphatic carbocycles. The molecule has 1 fully saturated rings. The zero-order valence-electron chi connectivity index (χ0n) is 13.4. The molecule has 4 rings (SSSR count). The first-order valence-electron chi connectivity index (χ1n) is 8.22. The number of nitrogens with one attached hydrogen (secondary N) is 1. The van der Waals surface area contributed by atoms with Crippen LogP contribution >= 0.6 is 11.3 Å². The second-order valence-corrected chi connectivity index (χ2v) is 7.09. The number of rotatable bonds is 5. The van der Waals surface area contributed by atoms with E-state index in [0.717, 1.165) is 36.4 Å². The van der Waals surface area contributed by atoms with Crippen LogP contribution in [0.15, 0.2) is 35.7 Å². The Hall–Kier alpha value is -2.05. The fraction of sp³-hybridized carbons (Fsp3) is 0.389. The van der Waals surface area contributed by atoms with Gasteiger partial charge in [-0.2, -0.15) is 0 Å². The Balaban J connectivity index is 1.32. The van der Waals surface area contributed by atoms with E-state index >= 15 is 0 Å². The molecule has 0 bridgehead atoms. The molecule has 0 unspecified atom stereocenters. The Morgan fingerprint density at radius 3 is 3.08 bits per heavy atom. The van der Waals surface area contributed by atoms with Gasteiger partial charge in [-0.25, -0.2) is 0 Å².